The number of furan rings is 1. The quantitative estimate of drug-likeness (QED) is 0.147. The summed E-state index contributed by atoms with van der Waals surface area (Å²) in [4.78, 5) is 5.61. The highest BCUT2D eigenvalue weighted by molar-refractivity contribution is 6.22. The number of anilines is 1. The van der Waals surface area contributed by atoms with Gasteiger partial charge in [-0.05, 0) is 78.8 Å². The number of hydrogen-bond donors (Lipinski definition) is 1. The first-order valence-electron chi connectivity index (χ1n) is 18.0. The van der Waals surface area contributed by atoms with Crippen molar-refractivity contribution in [3.05, 3.63) is 217 Å². The molecule has 0 amide bonds. The standard InChI is InChI=1S/C32H25NO.C18H11NO/c1-4-24(25-13-7-6-8-14-25)21-27(5-2)33-20-19-26-22-32(34-31-18-12-10-16-29(26)31)23(3)28-15-9-11-17-30(28)33;1-3-7-14-13(6-1)17-15(19-14)10-9-12-11-5-2-4-8-16(11)20-18(12)17/h4-21H,2-3H2,1H3;1-10,19H/b20-19-,24-4+,27-21+;. The van der Waals surface area contributed by atoms with Gasteiger partial charge in [0.2, 0.25) is 0 Å². The summed E-state index contributed by atoms with van der Waals surface area (Å²) in [5.74, 6) is 1.44. The number of benzene rings is 6. The van der Waals surface area contributed by atoms with E-state index in [1.807, 2.05) is 60.7 Å². The molecule has 0 fully saturated rings. The molecule has 4 heterocycles. The van der Waals surface area contributed by atoms with Crippen LogP contribution in [0, 0.1) is 0 Å². The number of para-hydroxylation sites is 4. The monoisotopic (exact) mass is 696 g/mol. The lowest BCUT2D eigenvalue weighted by molar-refractivity contribution is 0.446. The number of aromatic amines is 1. The van der Waals surface area contributed by atoms with Crippen molar-refractivity contribution in [1.29, 1.82) is 0 Å². The van der Waals surface area contributed by atoms with Crippen molar-refractivity contribution in [1.82, 2.24) is 4.98 Å². The van der Waals surface area contributed by atoms with E-state index >= 15 is 0 Å². The Morgan fingerprint density at radius 1 is 0.722 bits per heavy atom. The van der Waals surface area contributed by atoms with Crippen LogP contribution in [0.25, 0.3) is 60.5 Å². The van der Waals surface area contributed by atoms with Crippen LogP contribution in [0.2, 0.25) is 0 Å². The van der Waals surface area contributed by atoms with Crippen LogP contribution >= 0.6 is 0 Å². The van der Waals surface area contributed by atoms with Crippen molar-refractivity contribution in [3.8, 4) is 5.75 Å². The number of aromatic nitrogens is 1. The number of H-pyrrole nitrogens is 1. The minimum absolute atomic E-state index is 0.634. The van der Waals surface area contributed by atoms with Gasteiger partial charge >= 0.3 is 0 Å². The highest BCUT2D eigenvalue weighted by atomic mass is 16.5. The van der Waals surface area contributed by atoms with Gasteiger partial charge in [0.25, 0.3) is 0 Å². The number of hydrogen-bond acceptors (Lipinski definition) is 3. The van der Waals surface area contributed by atoms with Gasteiger partial charge in [0.05, 0.1) is 16.6 Å². The summed E-state index contributed by atoms with van der Waals surface area (Å²) in [7, 11) is 0. The van der Waals surface area contributed by atoms with Gasteiger partial charge in [0, 0.05) is 55.8 Å². The molecule has 2 bridgehead atoms. The van der Waals surface area contributed by atoms with Crippen molar-refractivity contribution in [3.63, 3.8) is 0 Å². The minimum atomic E-state index is 0.634. The van der Waals surface area contributed by atoms with Crippen LogP contribution in [-0.2, 0) is 0 Å². The van der Waals surface area contributed by atoms with Crippen LogP contribution in [0.4, 0.5) is 5.69 Å². The third-order valence-corrected chi connectivity index (χ3v) is 10.0. The first-order chi connectivity index (χ1) is 26.6. The van der Waals surface area contributed by atoms with Crippen LogP contribution in [-0.4, -0.2) is 4.98 Å². The normalized spacial score (nSPS) is 14.5. The van der Waals surface area contributed by atoms with E-state index in [0.29, 0.717) is 5.76 Å². The summed E-state index contributed by atoms with van der Waals surface area (Å²) in [6.45, 7) is 10.6. The van der Waals surface area contributed by atoms with Crippen LogP contribution in [0.3, 0.4) is 0 Å². The molecule has 0 spiro atoms. The Hall–Kier alpha value is -7.26. The van der Waals surface area contributed by atoms with Gasteiger partial charge in [0.15, 0.2) is 5.76 Å². The maximum absolute atomic E-state index is 6.21. The lowest BCUT2D eigenvalue weighted by atomic mass is 9.99. The first-order valence-corrected chi connectivity index (χ1v) is 18.0. The van der Waals surface area contributed by atoms with Gasteiger partial charge in [-0.25, -0.2) is 0 Å². The predicted octanol–water partition coefficient (Wildman–Crippen LogP) is 13.4. The SMILES string of the molecule is C=C/C(=C\C(=C/C)c1ccccc1)N1/C=C\C2=C=C(Oc3ccccc32)C(=C)c2ccccc21.c1ccc2c(c1)[nH]c1ccc3c4ccccc4oc3c12. The molecule has 1 N–H and O–H groups in total. The van der Waals surface area contributed by atoms with E-state index in [2.05, 4.69) is 145 Å². The van der Waals surface area contributed by atoms with Gasteiger partial charge in [-0.15, -0.1) is 0 Å². The van der Waals surface area contributed by atoms with E-state index in [1.54, 1.807) is 0 Å². The van der Waals surface area contributed by atoms with Crippen LogP contribution in [0.5, 0.6) is 5.75 Å². The molecule has 0 aliphatic carbocycles. The van der Waals surface area contributed by atoms with Crippen molar-refractivity contribution in [2.45, 2.75) is 6.92 Å². The summed E-state index contributed by atoms with van der Waals surface area (Å²) < 4.78 is 12.3. The number of nitrogens with one attached hydrogen (secondary N) is 1. The van der Waals surface area contributed by atoms with E-state index in [1.165, 1.54) is 21.5 Å². The Labute approximate surface area is 313 Å². The summed E-state index contributed by atoms with van der Waals surface area (Å²) in [5, 5.41) is 4.74. The molecule has 4 heteroatoms. The average Bonchev–Trinajstić information content (AvgIpc) is 3.81. The van der Waals surface area contributed by atoms with Crippen molar-refractivity contribution < 1.29 is 9.15 Å². The number of nitrogens with zero attached hydrogens (tertiary/aromatic N) is 1. The zero-order valence-corrected chi connectivity index (χ0v) is 29.8. The van der Waals surface area contributed by atoms with Crippen molar-refractivity contribution in [2.75, 3.05) is 4.90 Å². The lowest BCUT2D eigenvalue weighted by Crippen LogP contribution is -2.16. The summed E-state index contributed by atoms with van der Waals surface area (Å²) in [5.41, 5.74) is 15.6. The Kier molecular flexibility index (Phi) is 8.28. The molecule has 0 saturated heterocycles. The van der Waals surface area contributed by atoms with E-state index < -0.39 is 0 Å². The fraction of sp³-hybridized carbons (Fsp3) is 0.0200. The molecule has 2 aromatic heterocycles. The highest BCUT2D eigenvalue weighted by Gasteiger charge is 2.23. The lowest BCUT2D eigenvalue weighted by Gasteiger charge is -2.25. The fourth-order valence-corrected chi connectivity index (χ4v) is 7.35. The fourth-order valence-electron chi connectivity index (χ4n) is 7.35. The molecule has 54 heavy (non-hydrogen) atoms. The van der Waals surface area contributed by atoms with Crippen LogP contribution < -0.4 is 9.64 Å². The molecule has 0 unspecified atom stereocenters. The van der Waals surface area contributed by atoms with Gasteiger partial charge in [-0.3, -0.25) is 0 Å². The summed E-state index contributed by atoms with van der Waals surface area (Å²) >= 11 is 0. The minimum Gasteiger partial charge on any atom is -0.455 e. The number of ether oxygens (including phenoxy) is 1. The molecule has 8 aromatic rings. The molecule has 2 aliphatic rings. The predicted molar refractivity (Wildman–Crippen MR) is 226 cm³/mol. The third-order valence-electron chi connectivity index (χ3n) is 10.0. The maximum Gasteiger partial charge on any atom is 0.177 e. The second-order valence-electron chi connectivity index (χ2n) is 13.2. The maximum atomic E-state index is 6.21. The van der Waals surface area contributed by atoms with Gasteiger partial charge in [0.1, 0.15) is 16.9 Å². The second kappa shape index (κ2) is 13.7. The molecule has 0 atom stereocenters. The molecule has 10 rings (SSSR count). The zero-order valence-electron chi connectivity index (χ0n) is 29.8. The molecule has 6 aromatic carbocycles. The van der Waals surface area contributed by atoms with E-state index in [4.69, 9.17) is 9.15 Å². The van der Waals surface area contributed by atoms with E-state index in [0.717, 1.165) is 72.7 Å². The smallest absolute Gasteiger partial charge is 0.177 e. The van der Waals surface area contributed by atoms with Gasteiger partial charge in [-0.1, -0.05) is 122 Å². The van der Waals surface area contributed by atoms with E-state index in [9.17, 15) is 0 Å². The zero-order chi connectivity index (χ0) is 36.6. The number of fused-ring (bicyclic) bond motifs is 10. The average molecular weight is 697 g/mol. The summed E-state index contributed by atoms with van der Waals surface area (Å²) in [6.07, 6.45) is 10.3. The number of allylic oxidation sites excluding steroid dienone is 6. The largest absolute Gasteiger partial charge is 0.455 e. The second-order valence-corrected chi connectivity index (χ2v) is 13.2. The molecular formula is C50H36N2O2. The first kappa shape index (κ1) is 32.6. The molecular weight excluding hydrogens is 661 g/mol. The Balaban J connectivity index is 0.000000162. The van der Waals surface area contributed by atoms with E-state index in [-0.39, 0.29) is 0 Å². The van der Waals surface area contributed by atoms with Gasteiger partial charge < -0.3 is 19.0 Å². The Bertz CT molecular complexity index is 2940. The Morgan fingerprint density at radius 3 is 2.28 bits per heavy atom. The molecule has 0 radical (unpaired) electrons. The third kappa shape index (κ3) is 5.68. The van der Waals surface area contributed by atoms with Crippen LogP contribution in [0.1, 0.15) is 23.6 Å². The van der Waals surface area contributed by atoms with Crippen molar-refractivity contribution >= 4 is 66.2 Å². The van der Waals surface area contributed by atoms with Crippen molar-refractivity contribution in [2.24, 2.45) is 0 Å². The molecule has 0 saturated carbocycles. The van der Waals surface area contributed by atoms with Gasteiger partial charge in [-0.2, -0.15) is 0 Å². The molecule has 258 valence electrons. The molecule has 4 nitrogen and oxygen atoms in total. The Morgan fingerprint density at radius 2 is 1.44 bits per heavy atom. The number of rotatable bonds is 4. The van der Waals surface area contributed by atoms with Crippen LogP contribution in [0.15, 0.2) is 205 Å². The topological polar surface area (TPSA) is 41.4 Å². The summed E-state index contributed by atoms with van der Waals surface area (Å²) in [6, 6.07) is 47.4. The molecule has 2 aliphatic heterocycles. The highest BCUT2D eigenvalue weighted by Crippen LogP contribution is 2.41.